The third kappa shape index (κ3) is 358. The Morgan fingerprint density at radius 1 is 1.00 bits per heavy atom. The molecule has 0 fully saturated rings. The monoisotopic (exact) mass is 189 g/mol. The first-order chi connectivity index (χ1) is 1.41. The predicted molar refractivity (Wildman–Crippen MR) is 39.2 cm³/mol. The fourth-order valence-electron chi connectivity index (χ4n) is 0. The van der Waals surface area contributed by atoms with E-state index in [0.29, 0.717) is 0 Å². The van der Waals surface area contributed by atoms with Crippen molar-refractivity contribution >= 4 is 56.0 Å². The van der Waals surface area contributed by atoms with Gasteiger partial charge in [-0.25, -0.2) is 0 Å². The van der Waals surface area contributed by atoms with Crippen LogP contribution in [0.1, 0.15) is 0 Å². The van der Waals surface area contributed by atoms with Gasteiger partial charge in [-0.3, -0.25) is 4.79 Å². The van der Waals surface area contributed by atoms with Crippen LogP contribution in [0.4, 0.5) is 0 Å². The van der Waals surface area contributed by atoms with E-state index in [1.807, 2.05) is 0 Å². The average molecular weight is 191 g/mol. The summed E-state index contributed by atoms with van der Waals surface area (Å²) in [5, 5.41) is 0. The van der Waals surface area contributed by atoms with Crippen LogP contribution in [-0.4, -0.2) is 6.41 Å². The van der Waals surface area contributed by atoms with Gasteiger partial charge in [0.2, 0.25) is 6.41 Å². The van der Waals surface area contributed by atoms with E-state index in [4.69, 9.17) is 4.79 Å². The molecule has 0 heterocycles. The largest absolute Gasteiger partial charge is 0.372 e. The zero-order valence-electron chi connectivity index (χ0n) is 3.20. The molecular formula is CH7Cl4NO. The van der Waals surface area contributed by atoms with Crippen molar-refractivity contribution in [1.29, 1.82) is 0 Å². The van der Waals surface area contributed by atoms with Crippen LogP contribution in [-0.2, 0) is 4.79 Å². The van der Waals surface area contributed by atoms with Gasteiger partial charge in [-0.15, -0.1) is 49.6 Å². The Labute approximate surface area is 66.9 Å². The molecule has 2 N–H and O–H groups in total. The van der Waals surface area contributed by atoms with Crippen LogP contribution in [0.5, 0.6) is 0 Å². The highest BCUT2D eigenvalue weighted by Crippen LogP contribution is 0.799. The Balaban J connectivity index is -0.00000000333. The average Bonchev–Trinajstić information content (AvgIpc) is 0.918. The highest BCUT2D eigenvalue weighted by molar-refractivity contribution is 5.86. The number of carbonyl (C=O) groups is 1. The summed E-state index contributed by atoms with van der Waals surface area (Å²) in [5.41, 5.74) is 4.17. The molecule has 0 aromatic carbocycles. The van der Waals surface area contributed by atoms with E-state index in [9.17, 15) is 0 Å². The van der Waals surface area contributed by atoms with E-state index in [0.717, 1.165) is 0 Å². The number of carbonyl (C=O) groups excluding carboxylic acids is 1. The summed E-state index contributed by atoms with van der Waals surface area (Å²) in [6, 6.07) is 0. The molecule has 2 nitrogen and oxygen atoms in total. The van der Waals surface area contributed by atoms with E-state index >= 15 is 0 Å². The molecule has 0 aliphatic heterocycles. The Morgan fingerprint density at radius 2 is 1.00 bits per heavy atom. The molecule has 0 aromatic rings. The SMILES string of the molecule is Cl.Cl.Cl.Cl.NC=O. The molecule has 6 heteroatoms. The van der Waals surface area contributed by atoms with Crippen LogP contribution >= 0.6 is 49.6 Å². The minimum Gasteiger partial charge on any atom is -0.372 e. The highest BCUT2D eigenvalue weighted by Gasteiger charge is 1.19. The van der Waals surface area contributed by atoms with Crippen molar-refractivity contribution in [2.45, 2.75) is 0 Å². The smallest absolute Gasteiger partial charge is 0.204 e. The predicted octanol–water partition coefficient (Wildman–Crippen LogP) is 0.789. The van der Waals surface area contributed by atoms with Crippen LogP contribution in [0.15, 0.2) is 0 Å². The minimum atomic E-state index is 0. The van der Waals surface area contributed by atoms with Gasteiger partial charge < -0.3 is 5.73 Å². The zero-order chi connectivity index (χ0) is 2.71. The van der Waals surface area contributed by atoms with Crippen LogP contribution in [0.25, 0.3) is 0 Å². The van der Waals surface area contributed by atoms with Gasteiger partial charge in [0.1, 0.15) is 0 Å². The highest BCUT2D eigenvalue weighted by atomic mass is 35.5. The molecule has 0 aliphatic rings. The van der Waals surface area contributed by atoms with Gasteiger partial charge in [0.05, 0.1) is 0 Å². The van der Waals surface area contributed by atoms with Gasteiger partial charge in [-0.05, 0) is 0 Å². The lowest BCUT2D eigenvalue weighted by molar-refractivity contribution is -0.106. The second kappa shape index (κ2) is 79.1. The van der Waals surface area contributed by atoms with Crippen molar-refractivity contribution in [2.75, 3.05) is 0 Å². The lowest BCUT2D eigenvalue weighted by atomic mass is 11.5. The maximum atomic E-state index is 8.58. The first-order valence-electron chi connectivity index (χ1n) is 0.569. The van der Waals surface area contributed by atoms with Gasteiger partial charge in [0, 0.05) is 0 Å². The number of halogens is 4. The Bertz CT molecular complexity index is 19.2. The second-order valence-electron chi connectivity index (χ2n) is 0.136. The normalized spacial score (nSPS) is 1.71. The molecule has 0 aromatic heterocycles. The third-order valence-electron chi connectivity index (χ3n) is 0. The van der Waals surface area contributed by atoms with Crippen molar-refractivity contribution in [1.82, 2.24) is 0 Å². The van der Waals surface area contributed by atoms with Gasteiger partial charge in [-0.2, -0.15) is 0 Å². The molecule has 0 bridgehead atoms. The van der Waals surface area contributed by atoms with Crippen LogP contribution in [0.3, 0.4) is 0 Å². The molecule has 7 heavy (non-hydrogen) atoms. The van der Waals surface area contributed by atoms with E-state index in [2.05, 4.69) is 5.73 Å². The van der Waals surface area contributed by atoms with Crippen molar-refractivity contribution in [2.24, 2.45) is 5.73 Å². The Hall–Kier alpha value is 0.630. The van der Waals surface area contributed by atoms with E-state index in [1.54, 1.807) is 0 Å². The first kappa shape index (κ1) is 48.5. The van der Waals surface area contributed by atoms with Crippen molar-refractivity contribution in [3.05, 3.63) is 0 Å². The van der Waals surface area contributed by atoms with Crippen molar-refractivity contribution in [3.8, 4) is 0 Å². The maximum Gasteiger partial charge on any atom is 0.204 e. The number of primary amides is 1. The molecule has 0 atom stereocenters. The molecule has 0 saturated heterocycles. The van der Waals surface area contributed by atoms with E-state index in [-0.39, 0.29) is 56.0 Å². The maximum absolute atomic E-state index is 8.58. The lowest BCUT2D eigenvalue weighted by Gasteiger charge is -1.32. The molecule has 0 rings (SSSR count). The number of hydrogen-bond acceptors (Lipinski definition) is 1. The topological polar surface area (TPSA) is 43.1 Å². The zero-order valence-corrected chi connectivity index (χ0v) is 6.46. The van der Waals surface area contributed by atoms with E-state index < -0.39 is 0 Å². The fraction of sp³-hybridized carbons (Fsp3) is 0. The Kier molecular flexibility index (Phi) is 548. The number of amides is 1. The van der Waals surface area contributed by atoms with Gasteiger partial charge in [-0.1, -0.05) is 0 Å². The Morgan fingerprint density at radius 3 is 1.00 bits per heavy atom. The first-order valence-corrected chi connectivity index (χ1v) is 0.569. The summed E-state index contributed by atoms with van der Waals surface area (Å²) < 4.78 is 0. The summed E-state index contributed by atoms with van der Waals surface area (Å²) in [7, 11) is 0. The molecule has 0 aliphatic carbocycles. The van der Waals surface area contributed by atoms with Crippen LogP contribution in [0, 0.1) is 0 Å². The molecule has 0 spiro atoms. The summed E-state index contributed by atoms with van der Waals surface area (Å²) in [6.45, 7) is 0. The van der Waals surface area contributed by atoms with Gasteiger partial charge in [0.25, 0.3) is 0 Å². The molecule has 0 radical (unpaired) electrons. The summed E-state index contributed by atoms with van der Waals surface area (Å²) >= 11 is 0. The quantitative estimate of drug-likeness (QED) is 0.565. The standard InChI is InChI=1S/CH3NO.4ClH/c2-1-3;;;;/h1H,(H2,2,3);4*1H. The minimum absolute atomic E-state index is 0. The molecule has 1 amide bonds. The number of rotatable bonds is 0. The van der Waals surface area contributed by atoms with E-state index in [1.165, 1.54) is 0 Å². The van der Waals surface area contributed by atoms with Gasteiger partial charge >= 0.3 is 0 Å². The van der Waals surface area contributed by atoms with Crippen LogP contribution in [0.2, 0.25) is 0 Å². The summed E-state index contributed by atoms with van der Waals surface area (Å²) in [6.07, 6.45) is 0.250. The molecule has 0 saturated carbocycles. The molecule has 0 unspecified atom stereocenters. The van der Waals surface area contributed by atoms with Gasteiger partial charge in [0.15, 0.2) is 0 Å². The van der Waals surface area contributed by atoms with Crippen molar-refractivity contribution < 1.29 is 4.79 Å². The molecule has 50 valence electrons. The van der Waals surface area contributed by atoms with Crippen molar-refractivity contribution in [3.63, 3.8) is 0 Å². The third-order valence-corrected chi connectivity index (χ3v) is 0. The van der Waals surface area contributed by atoms with Crippen LogP contribution < -0.4 is 5.73 Å². The molecular weight excluding hydrogens is 184 g/mol. The fourth-order valence-corrected chi connectivity index (χ4v) is 0. The number of nitrogens with two attached hydrogens (primary N) is 1. The summed E-state index contributed by atoms with van der Waals surface area (Å²) in [5.74, 6) is 0. The number of hydrogen-bond donors (Lipinski definition) is 1. The summed E-state index contributed by atoms with van der Waals surface area (Å²) in [4.78, 5) is 8.58. The second-order valence-corrected chi connectivity index (χ2v) is 0.136. The lowest BCUT2D eigenvalue weighted by Crippen LogP contribution is -1.82.